The van der Waals surface area contributed by atoms with Crippen LogP contribution in [0.5, 0.6) is 0 Å². The molecule has 2 aliphatic carbocycles. The average Bonchev–Trinajstić information content (AvgIpc) is 3.09. The average molecular weight is 251 g/mol. The van der Waals surface area contributed by atoms with Crippen LogP contribution in [0.25, 0.3) is 0 Å². The minimum atomic E-state index is -0.0652. The number of thiazole rings is 1. The molecule has 94 valence electrons. The van der Waals surface area contributed by atoms with Crippen molar-refractivity contribution in [2.75, 3.05) is 7.11 Å². The molecule has 0 unspecified atom stereocenters. The van der Waals surface area contributed by atoms with E-state index in [-0.39, 0.29) is 5.60 Å². The number of ether oxygens (including phenoxy) is 1. The second kappa shape index (κ2) is 4.36. The fourth-order valence-corrected chi connectivity index (χ4v) is 3.93. The molecule has 0 atom stereocenters. The van der Waals surface area contributed by atoms with Crippen LogP contribution in [-0.4, -0.2) is 12.1 Å². The van der Waals surface area contributed by atoms with E-state index in [1.165, 1.54) is 36.4 Å². The van der Waals surface area contributed by atoms with Gasteiger partial charge in [-0.05, 0) is 44.4 Å². The maximum absolute atomic E-state index is 5.87. The quantitative estimate of drug-likeness (QED) is 0.808. The Morgan fingerprint density at radius 3 is 2.59 bits per heavy atom. The van der Waals surface area contributed by atoms with Crippen molar-refractivity contribution in [1.29, 1.82) is 0 Å². The first kappa shape index (κ1) is 11.7. The van der Waals surface area contributed by atoms with Crippen LogP contribution >= 0.6 is 11.3 Å². The Balaban J connectivity index is 1.82. The van der Waals surface area contributed by atoms with Crippen molar-refractivity contribution < 1.29 is 4.74 Å². The molecule has 2 nitrogen and oxygen atoms in total. The third-order valence-corrected chi connectivity index (χ3v) is 5.43. The Hall–Kier alpha value is -0.410. The molecule has 1 aromatic heterocycles. The number of aromatic nitrogens is 1. The topological polar surface area (TPSA) is 22.1 Å². The molecule has 0 aliphatic heterocycles. The normalized spacial score (nSPS) is 33.9. The molecule has 2 fully saturated rings. The molecule has 0 amide bonds. The van der Waals surface area contributed by atoms with Gasteiger partial charge in [0.05, 0.1) is 5.69 Å². The smallest absolute Gasteiger partial charge is 0.125 e. The van der Waals surface area contributed by atoms with Crippen molar-refractivity contribution in [3.8, 4) is 0 Å². The zero-order valence-electron chi connectivity index (χ0n) is 10.7. The van der Waals surface area contributed by atoms with Gasteiger partial charge in [0, 0.05) is 18.4 Å². The van der Waals surface area contributed by atoms with Gasteiger partial charge in [0.1, 0.15) is 10.6 Å². The lowest BCUT2D eigenvalue weighted by molar-refractivity contribution is -0.0531. The van der Waals surface area contributed by atoms with E-state index in [2.05, 4.69) is 12.3 Å². The Labute approximate surface area is 107 Å². The second-order valence-corrected chi connectivity index (χ2v) is 6.59. The highest BCUT2D eigenvalue weighted by atomic mass is 32.1. The van der Waals surface area contributed by atoms with E-state index >= 15 is 0 Å². The van der Waals surface area contributed by atoms with Gasteiger partial charge < -0.3 is 4.74 Å². The fourth-order valence-electron chi connectivity index (χ4n) is 2.80. The van der Waals surface area contributed by atoms with Gasteiger partial charge in [-0.15, -0.1) is 11.3 Å². The van der Waals surface area contributed by atoms with Crippen molar-refractivity contribution in [3.05, 3.63) is 16.1 Å². The maximum atomic E-state index is 5.87. The first-order valence-electron chi connectivity index (χ1n) is 6.74. The van der Waals surface area contributed by atoms with Gasteiger partial charge in [-0.3, -0.25) is 0 Å². The van der Waals surface area contributed by atoms with E-state index in [1.54, 1.807) is 0 Å². The fraction of sp³-hybridized carbons (Fsp3) is 0.786. The van der Waals surface area contributed by atoms with Crippen LogP contribution in [-0.2, 0) is 10.3 Å². The number of nitrogens with zero attached hydrogens (tertiary/aromatic N) is 1. The SMILES string of the molecule is COC1(c2nc(C3CC3)cs2)CCC(C)CC1. The minimum Gasteiger partial charge on any atom is -0.371 e. The largest absolute Gasteiger partial charge is 0.371 e. The molecule has 1 heterocycles. The Kier molecular flexibility index (Phi) is 2.99. The monoisotopic (exact) mass is 251 g/mol. The van der Waals surface area contributed by atoms with Gasteiger partial charge >= 0.3 is 0 Å². The number of hydrogen-bond donors (Lipinski definition) is 0. The predicted octanol–water partition coefficient (Wildman–Crippen LogP) is 4.07. The lowest BCUT2D eigenvalue weighted by Crippen LogP contribution is -2.33. The number of rotatable bonds is 3. The van der Waals surface area contributed by atoms with Gasteiger partial charge in [-0.1, -0.05) is 6.92 Å². The highest BCUT2D eigenvalue weighted by Crippen LogP contribution is 2.46. The summed E-state index contributed by atoms with van der Waals surface area (Å²) >= 11 is 1.81. The predicted molar refractivity (Wildman–Crippen MR) is 70.4 cm³/mol. The van der Waals surface area contributed by atoms with Crippen molar-refractivity contribution in [3.63, 3.8) is 0 Å². The van der Waals surface area contributed by atoms with E-state index in [0.29, 0.717) is 0 Å². The Morgan fingerprint density at radius 1 is 1.29 bits per heavy atom. The summed E-state index contributed by atoms with van der Waals surface area (Å²) < 4.78 is 5.87. The van der Waals surface area contributed by atoms with E-state index in [1.807, 2.05) is 18.4 Å². The van der Waals surface area contributed by atoms with E-state index < -0.39 is 0 Å². The molecule has 17 heavy (non-hydrogen) atoms. The minimum absolute atomic E-state index is 0.0652. The third-order valence-electron chi connectivity index (χ3n) is 4.38. The van der Waals surface area contributed by atoms with Crippen LogP contribution in [0, 0.1) is 5.92 Å². The molecule has 2 saturated carbocycles. The first-order valence-corrected chi connectivity index (χ1v) is 7.62. The molecule has 0 spiro atoms. The van der Waals surface area contributed by atoms with Gasteiger partial charge in [0.2, 0.25) is 0 Å². The number of hydrogen-bond acceptors (Lipinski definition) is 3. The summed E-state index contributed by atoms with van der Waals surface area (Å²) in [5.74, 6) is 1.61. The van der Waals surface area contributed by atoms with Crippen LogP contribution < -0.4 is 0 Å². The molecule has 1 aromatic rings. The first-order chi connectivity index (χ1) is 8.23. The van der Waals surface area contributed by atoms with Crippen LogP contribution in [0.15, 0.2) is 5.38 Å². The van der Waals surface area contributed by atoms with Crippen LogP contribution in [0.1, 0.15) is 62.1 Å². The molecule has 0 radical (unpaired) electrons. The van der Waals surface area contributed by atoms with Crippen molar-refractivity contribution in [2.45, 2.75) is 57.0 Å². The molecule has 0 saturated heterocycles. The summed E-state index contributed by atoms with van der Waals surface area (Å²) in [5, 5.41) is 3.49. The zero-order chi connectivity index (χ0) is 11.9. The summed E-state index contributed by atoms with van der Waals surface area (Å²) in [6.45, 7) is 2.34. The number of methoxy groups -OCH3 is 1. The Bertz CT molecular complexity index is 389. The molecule has 0 N–H and O–H groups in total. The Morgan fingerprint density at radius 2 is 2.00 bits per heavy atom. The van der Waals surface area contributed by atoms with Crippen LogP contribution in [0.4, 0.5) is 0 Å². The highest BCUT2D eigenvalue weighted by Gasteiger charge is 2.39. The summed E-state index contributed by atoms with van der Waals surface area (Å²) in [6.07, 6.45) is 7.49. The molecule has 3 rings (SSSR count). The van der Waals surface area contributed by atoms with E-state index in [4.69, 9.17) is 9.72 Å². The summed E-state index contributed by atoms with van der Waals surface area (Å²) in [6, 6.07) is 0. The zero-order valence-corrected chi connectivity index (χ0v) is 11.6. The van der Waals surface area contributed by atoms with Crippen molar-refractivity contribution in [1.82, 2.24) is 4.98 Å². The molecule has 3 heteroatoms. The van der Waals surface area contributed by atoms with Gasteiger partial charge in [-0.2, -0.15) is 0 Å². The second-order valence-electron chi connectivity index (χ2n) is 5.73. The van der Waals surface area contributed by atoms with Crippen molar-refractivity contribution >= 4 is 11.3 Å². The maximum Gasteiger partial charge on any atom is 0.125 e. The van der Waals surface area contributed by atoms with Gasteiger partial charge in [0.15, 0.2) is 0 Å². The standard InChI is InChI=1S/C14H21NOS/c1-10-5-7-14(16-2,8-6-10)13-15-12(9-17-13)11-3-4-11/h9-11H,3-8H2,1-2H3. The lowest BCUT2D eigenvalue weighted by atomic mass is 9.80. The van der Waals surface area contributed by atoms with Gasteiger partial charge in [-0.25, -0.2) is 4.98 Å². The molecule has 0 bridgehead atoms. The van der Waals surface area contributed by atoms with E-state index in [0.717, 1.165) is 24.7 Å². The van der Waals surface area contributed by atoms with Crippen LogP contribution in [0.2, 0.25) is 0 Å². The molecule has 2 aliphatic rings. The summed E-state index contributed by atoms with van der Waals surface area (Å²) in [7, 11) is 1.86. The lowest BCUT2D eigenvalue weighted by Gasteiger charge is -2.36. The van der Waals surface area contributed by atoms with Crippen LogP contribution in [0.3, 0.4) is 0 Å². The molecular weight excluding hydrogens is 230 g/mol. The third kappa shape index (κ3) is 2.15. The summed E-state index contributed by atoms with van der Waals surface area (Å²) in [5.41, 5.74) is 1.25. The molecular formula is C14H21NOS. The highest BCUT2D eigenvalue weighted by molar-refractivity contribution is 7.09. The molecule has 0 aromatic carbocycles. The summed E-state index contributed by atoms with van der Waals surface area (Å²) in [4.78, 5) is 4.86. The van der Waals surface area contributed by atoms with E-state index in [9.17, 15) is 0 Å². The van der Waals surface area contributed by atoms with Gasteiger partial charge in [0.25, 0.3) is 0 Å². The van der Waals surface area contributed by atoms with Crippen molar-refractivity contribution in [2.24, 2.45) is 5.92 Å².